The third-order valence-electron chi connectivity index (χ3n) is 9.57. The number of fused-ring (bicyclic) bond motifs is 5. The third kappa shape index (κ3) is 3.36. The smallest absolute Gasteiger partial charge is 0.376 e. The van der Waals surface area contributed by atoms with Crippen molar-refractivity contribution in [1.82, 2.24) is 0 Å². The van der Waals surface area contributed by atoms with Crippen LogP contribution in [0.4, 0.5) is 8.78 Å². The molecule has 164 valence electrons. The molecule has 7 atom stereocenters. The van der Waals surface area contributed by atoms with Gasteiger partial charge in [0.2, 0.25) is 0 Å². The van der Waals surface area contributed by atoms with Crippen molar-refractivity contribution in [3.8, 4) is 0 Å². The molecule has 7 unspecified atom stereocenters. The van der Waals surface area contributed by atoms with Crippen LogP contribution >= 0.6 is 0 Å². The fourth-order valence-electron chi connectivity index (χ4n) is 7.83. The van der Waals surface area contributed by atoms with Gasteiger partial charge in [0.15, 0.2) is 0 Å². The molecular formula is C24H36F2O3. The molecule has 1 N–H and O–H groups in total. The fraction of sp³-hybridized carbons (Fsp3) is 0.875. The maximum atomic E-state index is 14.1. The van der Waals surface area contributed by atoms with Crippen LogP contribution in [0.1, 0.15) is 78.1 Å². The topological polar surface area (TPSA) is 46.5 Å². The van der Waals surface area contributed by atoms with E-state index in [9.17, 15) is 18.7 Å². The average molecular weight is 411 g/mol. The molecule has 0 bridgehead atoms. The van der Waals surface area contributed by atoms with Crippen molar-refractivity contribution in [3.63, 3.8) is 0 Å². The number of allylic oxidation sites excluding steroid dienone is 1. The van der Waals surface area contributed by atoms with Crippen molar-refractivity contribution in [2.45, 2.75) is 90.1 Å². The van der Waals surface area contributed by atoms with Crippen molar-refractivity contribution in [2.24, 2.45) is 34.5 Å². The quantitative estimate of drug-likeness (QED) is 0.491. The van der Waals surface area contributed by atoms with Gasteiger partial charge in [-0.25, -0.2) is 4.79 Å². The molecular weight excluding hydrogens is 374 g/mol. The molecule has 0 aromatic carbocycles. The predicted molar refractivity (Wildman–Crippen MR) is 107 cm³/mol. The standard InChI is InChI=1S/C24H36F2O3/c1-22-12-10-20-18(6-4-16-14-17(27)9-11-23(16,20)2)19(22)7-5-15(22)8-13-24(25,26)21(28)29-3/h4,15,17-20,27H,5-14H2,1-3H3. The average Bonchev–Trinajstić information content (AvgIpc) is 3.02. The molecule has 4 aliphatic carbocycles. The van der Waals surface area contributed by atoms with Gasteiger partial charge in [0.1, 0.15) is 0 Å². The molecule has 4 aliphatic rings. The van der Waals surface area contributed by atoms with Crippen molar-refractivity contribution in [1.29, 1.82) is 0 Å². The van der Waals surface area contributed by atoms with E-state index in [2.05, 4.69) is 24.7 Å². The van der Waals surface area contributed by atoms with Gasteiger partial charge in [-0.1, -0.05) is 25.5 Å². The van der Waals surface area contributed by atoms with Gasteiger partial charge < -0.3 is 9.84 Å². The zero-order valence-corrected chi connectivity index (χ0v) is 18.1. The highest BCUT2D eigenvalue weighted by atomic mass is 19.3. The summed E-state index contributed by atoms with van der Waals surface area (Å²) in [7, 11) is 1.03. The number of esters is 1. The molecule has 5 heteroatoms. The van der Waals surface area contributed by atoms with Gasteiger partial charge in [-0.2, -0.15) is 8.78 Å². The van der Waals surface area contributed by atoms with Crippen molar-refractivity contribution in [3.05, 3.63) is 11.6 Å². The number of aliphatic hydroxyl groups excluding tert-OH is 1. The SMILES string of the molecule is COC(=O)C(F)(F)CCC1CCC2C3CC=C4CC(O)CCC4(C)C3CCC12C. The summed E-state index contributed by atoms with van der Waals surface area (Å²) < 4.78 is 32.4. The normalized spacial score (nSPS) is 44.3. The van der Waals surface area contributed by atoms with E-state index in [4.69, 9.17) is 0 Å². The first kappa shape index (κ1) is 21.3. The van der Waals surface area contributed by atoms with Crippen LogP contribution in [0.2, 0.25) is 0 Å². The van der Waals surface area contributed by atoms with E-state index in [0.29, 0.717) is 24.2 Å². The predicted octanol–water partition coefficient (Wildman–Crippen LogP) is 5.51. The van der Waals surface area contributed by atoms with Crippen molar-refractivity contribution >= 4 is 5.97 Å². The van der Waals surface area contributed by atoms with E-state index in [1.165, 1.54) is 5.57 Å². The third-order valence-corrected chi connectivity index (χ3v) is 9.57. The molecule has 0 aromatic heterocycles. The van der Waals surface area contributed by atoms with Crippen LogP contribution in [0.15, 0.2) is 11.6 Å². The summed E-state index contributed by atoms with van der Waals surface area (Å²) in [6.07, 6.45) is 10.5. The van der Waals surface area contributed by atoms with E-state index < -0.39 is 18.3 Å². The van der Waals surface area contributed by atoms with Gasteiger partial charge >= 0.3 is 11.9 Å². The van der Waals surface area contributed by atoms with Crippen LogP contribution in [0, 0.1) is 34.5 Å². The Morgan fingerprint density at radius 1 is 1.21 bits per heavy atom. The Balaban J connectivity index is 1.49. The zero-order chi connectivity index (χ0) is 21.0. The number of alkyl halides is 2. The highest BCUT2D eigenvalue weighted by molar-refractivity contribution is 5.77. The van der Waals surface area contributed by atoms with Crippen LogP contribution in [-0.4, -0.2) is 30.2 Å². The molecule has 3 fully saturated rings. The number of hydrogen-bond acceptors (Lipinski definition) is 3. The number of hydrogen-bond donors (Lipinski definition) is 1. The Morgan fingerprint density at radius 2 is 1.97 bits per heavy atom. The molecule has 0 saturated heterocycles. The summed E-state index contributed by atoms with van der Waals surface area (Å²) in [5, 5.41) is 10.1. The lowest BCUT2D eigenvalue weighted by Gasteiger charge is -2.58. The largest absolute Gasteiger partial charge is 0.465 e. The van der Waals surface area contributed by atoms with Gasteiger partial charge in [0.05, 0.1) is 13.2 Å². The van der Waals surface area contributed by atoms with Crippen LogP contribution in [-0.2, 0) is 9.53 Å². The summed E-state index contributed by atoms with van der Waals surface area (Å²) >= 11 is 0. The Kier molecular flexibility index (Phi) is 5.37. The maximum absolute atomic E-state index is 14.1. The lowest BCUT2D eigenvalue weighted by Crippen LogP contribution is -2.50. The first-order valence-electron chi connectivity index (χ1n) is 11.5. The minimum absolute atomic E-state index is 0.100. The van der Waals surface area contributed by atoms with Gasteiger partial charge in [-0.15, -0.1) is 0 Å². The highest BCUT2D eigenvalue weighted by Crippen LogP contribution is 2.66. The monoisotopic (exact) mass is 410 g/mol. The van der Waals surface area contributed by atoms with Gasteiger partial charge in [0, 0.05) is 6.42 Å². The minimum Gasteiger partial charge on any atom is -0.465 e. The van der Waals surface area contributed by atoms with Crippen LogP contribution in [0.5, 0.6) is 0 Å². The minimum atomic E-state index is -3.38. The highest BCUT2D eigenvalue weighted by Gasteiger charge is 2.58. The van der Waals surface area contributed by atoms with E-state index in [-0.39, 0.29) is 22.9 Å². The molecule has 0 amide bonds. The summed E-state index contributed by atoms with van der Waals surface area (Å²) in [5.74, 6) is -2.65. The van der Waals surface area contributed by atoms with Gasteiger partial charge in [-0.3, -0.25) is 0 Å². The first-order chi connectivity index (χ1) is 13.6. The number of carbonyl (C=O) groups excluding carboxylic acids is 1. The van der Waals surface area contributed by atoms with E-state index in [0.717, 1.165) is 58.5 Å². The Morgan fingerprint density at radius 3 is 2.69 bits per heavy atom. The lowest BCUT2D eigenvalue weighted by molar-refractivity contribution is -0.170. The molecule has 0 aromatic rings. The van der Waals surface area contributed by atoms with E-state index in [1.807, 2.05) is 0 Å². The molecule has 29 heavy (non-hydrogen) atoms. The lowest BCUT2D eigenvalue weighted by atomic mass is 9.47. The summed E-state index contributed by atoms with van der Waals surface area (Å²) in [4.78, 5) is 11.4. The van der Waals surface area contributed by atoms with Gasteiger partial charge in [0.25, 0.3) is 0 Å². The van der Waals surface area contributed by atoms with Crippen LogP contribution < -0.4 is 0 Å². The van der Waals surface area contributed by atoms with Crippen LogP contribution in [0.25, 0.3) is 0 Å². The maximum Gasteiger partial charge on any atom is 0.376 e. The first-order valence-corrected chi connectivity index (χ1v) is 11.5. The number of ether oxygens (including phenoxy) is 1. The van der Waals surface area contributed by atoms with Crippen molar-refractivity contribution < 1.29 is 23.4 Å². The second-order valence-corrected chi connectivity index (χ2v) is 10.7. The Labute approximate surface area is 173 Å². The number of rotatable bonds is 4. The molecule has 3 saturated carbocycles. The van der Waals surface area contributed by atoms with Crippen LogP contribution in [0.3, 0.4) is 0 Å². The Hall–Kier alpha value is -0.970. The Bertz CT molecular complexity index is 690. The second-order valence-electron chi connectivity index (χ2n) is 10.7. The number of carbonyl (C=O) groups is 1. The van der Waals surface area contributed by atoms with Crippen molar-refractivity contribution in [2.75, 3.05) is 7.11 Å². The van der Waals surface area contributed by atoms with E-state index in [1.54, 1.807) is 0 Å². The fourth-order valence-corrected chi connectivity index (χ4v) is 7.83. The summed E-state index contributed by atoms with van der Waals surface area (Å²) in [6, 6.07) is 0. The molecule has 4 rings (SSSR count). The number of aliphatic hydroxyl groups is 1. The second kappa shape index (κ2) is 7.32. The molecule has 3 nitrogen and oxygen atoms in total. The molecule has 0 radical (unpaired) electrons. The molecule has 0 heterocycles. The summed E-state index contributed by atoms with van der Waals surface area (Å²) in [6.45, 7) is 4.74. The van der Waals surface area contributed by atoms with Gasteiger partial charge in [-0.05, 0) is 92.3 Å². The number of methoxy groups -OCH3 is 1. The molecule has 0 aliphatic heterocycles. The summed E-state index contributed by atoms with van der Waals surface area (Å²) in [5.41, 5.74) is 1.77. The number of halogens is 2. The zero-order valence-electron chi connectivity index (χ0n) is 18.1. The molecule has 0 spiro atoms. The van der Waals surface area contributed by atoms with E-state index >= 15 is 0 Å².